The highest BCUT2D eigenvalue weighted by molar-refractivity contribution is 5.21. The molecule has 0 amide bonds. The number of rotatable bonds is 3. The number of aliphatic hydroxyl groups excluding tert-OH is 1. The molecule has 26 heavy (non-hydrogen) atoms. The zero-order valence-corrected chi connectivity index (χ0v) is 15.8. The van der Waals surface area contributed by atoms with Crippen molar-refractivity contribution >= 4 is 0 Å². The van der Waals surface area contributed by atoms with E-state index in [0.29, 0.717) is 18.3 Å². The molecule has 9 atom stereocenters. The molecule has 6 nitrogen and oxygen atoms in total. The van der Waals surface area contributed by atoms with Crippen molar-refractivity contribution in [3.63, 3.8) is 0 Å². The Morgan fingerprint density at radius 2 is 2.04 bits per heavy atom. The molecule has 1 unspecified atom stereocenters. The van der Waals surface area contributed by atoms with Crippen LogP contribution in [-0.4, -0.2) is 35.0 Å². The second-order valence-corrected chi connectivity index (χ2v) is 8.83. The summed E-state index contributed by atoms with van der Waals surface area (Å²) >= 11 is 0. The van der Waals surface area contributed by atoms with Gasteiger partial charge in [0.1, 0.15) is 0 Å². The van der Waals surface area contributed by atoms with Gasteiger partial charge in [0.05, 0.1) is 23.9 Å². The Hall–Kier alpha value is -0.970. The van der Waals surface area contributed by atoms with Gasteiger partial charge >= 0.3 is 0 Å². The second kappa shape index (κ2) is 6.29. The molecule has 6 heteroatoms. The Labute approximate surface area is 155 Å². The van der Waals surface area contributed by atoms with Crippen LogP contribution >= 0.6 is 0 Å². The van der Waals surface area contributed by atoms with E-state index in [4.69, 9.17) is 24.5 Å². The van der Waals surface area contributed by atoms with E-state index >= 15 is 0 Å². The first kappa shape index (κ1) is 18.4. The molecule has 1 aliphatic carbocycles. The number of fused-ring (bicyclic) bond motifs is 2. The fourth-order valence-corrected chi connectivity index (χ4v) is 5.68. The van der Waals surface area contributed by atoms with Crippen molar-refractivity contribution < 1.29 is 24.4 Å². The molecule has 0 radical (unpaired) electrons. The number of nitrogens with zero attached hydrogens (tertiary/aromatic N) is 1. The zero-order valence-electron chi connectivity index (χ0n) is 15.8. The standard InChI is InChI=1S/C20H29NO5/c1-11-5-6-15-13(3)17(9-16(22)12(2)10-21)23-18-20(15)14(11)7-8-19(4,24-18)25-26-20/h11,13-18,22H,2,5-9H2,1,3-4H3/t11-,13-,14+,15+,16+,17-,18-,19?,20-/m1/s1. The number of hydrogen-bond acceptors (Lipinski definition) is 6. The maximum Gasteiger partial charge on any atom is 0.201 e. The molecule has 0 aromatic carbocycles. The fraction of sp³-hybridized carbons (Fsp3) is 0.850. The maximum atomic E-state index is 10.3. The minimum Gasteiger partial charge on any atom is -0.388 e. The maximum absolute atomic E-state index is 10.3. The third kappa shape index (κ3) is 2.56. The summed E-state index contributed by atoms with van der Waals surface area (Å²) < 4.78 is 12.7. The van der Waals surface area contributed by atoms with Crippen LogP contribution in [0, 0.1) is 35.0 Å². The topological polar surface area (TPSA) is 80.9 Å². The summed E-state index contributed by atoms with van der Waals surface area (Å²) in [6, 6.07) is 1.94. The molecule has 1 saturated carbocycles. The number of nitriles is 1. The highest BCUT2D eigenvalue weighted by atomic mass is 17.3. The van der Waals surface area contributed by atoms with Gasteiger partial charge in [0.25, 0.3) is 0 Å². The second-order valence-electron chi connectivity index (χ2n) is 8.83. The van der Waals surface area contributed by atoms with Gasteiger partial charge in [0.15, 0.2) is 11.9 Å². The summed E-state index contributed by atoms with van der Waals surface area (Å²) in [5, 5.41) is 19.3. The van der Waals surface area contributed by atoms with E-state index in [0.717, 1.165) is 25.7 Å². The van der Waals surface area contributed by atoms with E-state index in [1.165, 1.54) is 0 Å². The highest BCUT2D eigenvalue weighted by Crippen LogP contribution is 2.60. The van der Waals surface area contributed by atoms with Crippen molar-refractivity contribution in [3.8, 4) is 6.07 Å². The van der Waals surface area contributed by atoms with E-state index in [-0.39, 0.29) is 23.5 Å². The molecule has 5 aliphatic rings. The highest BCUT2D eigenvalue weighted by Gasteiger charge is 2.69. The predicted molar refractivity (Wildman–Crippen MR) is 92.2 cm³/mol. The van der Waals surface area contributed by atoms with E-state index in [1.54, 1.807) is 0 Å². The summed E-state index contributed by atoms with van der Waals surface area (Å²) in [7, 11) is 0. The molecule has 4 saturated heterocycles. The molecule has 0 aromatic heterocycles. The molecule has 5 fully saturated rings. The zero-order chi connectivity index (χ0) is 18.7. The Kier molecular flexibility index (Phi) is 4.45. The third-order valence-corrected chi connectivity index (χ3v) is 7.30. The molecule has 1 spiro atoms. The lowest BCUT2D eigenvalue weighted by Crippen LogP contribution is -2.70. The van der Waals surface area contributed by atoms with Gasteiger partial charge in [0, 0.05) is 18.8 Å². The largest absolute Gasteiger partial charge is 0.388 e. The van der Waals surface area contributed by atoms with Crippen LogP contribution in [0.4, 0.5) is 0 Å². The van der Waals surface area contributed by atoms with Crippen LogP contribution in [0.2, 0.25) is 0 Å². The number of aliphatic hydroxyl groups is 1. The first-order chi connectivity index (χ1) is 12.3. The summed E-state index contributed by atoms with van der Waals surface area (Å²) in [4.78, 5) is 11.9. The van der Waals surface area contributed by atoms with Crippen LogP contribution in [-0.2, 0) is 19.2 Å². The van der Waals surface area contributed by atoms with Crippen LogP contribution in [0.25, 0.3) is 0 Å². The lowest BCUT2D eigenvalue weighted by molar-refractivity contribution is -0.571. The van der Waals surface area contributed by atoms with Gasteiger partial charge in [-0.1, -0.05) is 20.4 Å². The first-order valence-corrected chi connectivity index (χ1v) is 9.78. The van der Waals surface area contributed by atoms with E-state index in [2.05, 4.69) is 20.4 Å². The van der Waals surface area contributed by atoms with E-state index in [9.17, 15) is 5.11 Å². The minimum absolute atomic E-state index is 0.164. The Morgan fingerprint density at radius 1 is 1.27 bits per heavy atom. The normalized spacial score (nSPS) is 51.0. The number of ether oxygens (including phenoxy) is 2. The van der Waals surface area contributed by atoms with Crippen molar-refractivity contribution in [2.45, 2.75) is 82.8 Å². The van der Waals surface area contributed by atoms with Crippen LogP contribution in [0.3, 0.4) is 0 Å². The minimum atomic E-state index is -0.893. The fourth-order valence-electron chi connectivity index (χ4n) is 5.68. The molecular formula is C20H29NO5. The third-order valence-electron chi connectivity index (χ3n) is 7.30. The molecular weight excluding hydrogens is 334 g/mol. The lowest BCUT2D eigenvalue weighted by atomic mass is 9.57. The monoisotopic (exact) mass is 363 g/mol. The van der Waals surface area contributed by atoms with Gasteiger partial charge < -0.3 is 14.6 Å². The van der Waals surface area contributed by atoms with Crippen LogP contribution in [0.1, 0.15) is 52.9 Å². The average Bonchev–Trinajstić information content (AvgIpc) is 2.84. The summed E-state index contributed by atoms with van der Waals surface area (Å²) in [5.74, 6) is 0.461. The molecule has 4 heterocycles. The molecule has 144 valence electrons. The summed E-state index contributed by atoms with van der Waals surface area (Å²) in [6.45, 7) is 9.98. The summed E-state index contributed by atoms with van der Waals surface area (Å²) in [5.41, 5.74) is -0.410. The van der Waals surface area contributed by atoms with Crippen molar-refractivity contribution in [2.24, 2.45) is 23.7 Å². The van der Waals surface area contributed by atoms with E-state index < -0.39 is 23.8 Å². The predicted octanol–water partition coefficient (Wildman–Crippen LogP) is 3.07. The Balaban J connectivity index is 1.66. The number of hydrogen-bond donors (Lipinski definition) is 1. The van der Waals surface area contributed by atoms with Gasteiger partial charge in [-0.2, -0.15) is 5.26 Å². The van der Waals surface area contributed by atoms with Gasteiger partial charge in [0.2, 0.25) is 5.79 Å². The quantitative estimate of drug-likeness (QED) is 0.613. The first-order valence-electron chi connectivity index (χ1n) is 9.78. The van der Waals surface area contributed by atoms with Crippen LogP contribution < -0.4 is 0 Å². The van der Waals surface area contributed by atoms with Crippen molar-refractivity contribution in [1.29, 1.82) is 5.26 Å². The smallest absolute Gasteiger partial charge is 0.201 e. The van der Waals surface area contributed by atoms with Gasteiger partial charge in [-0.15, -0.1) is 0 Å². The molecule has 5 rings (SSSR count). The summed E-state index contributed by atoms with van der Waals surface area (Å²) in [6.07, 6.45) is 2.68. The molecule has 2 bridgehead atoms. The average molecular weight is 363 g/mol. The molecule has 0 aromatic rings. The SMILES string of the molecule is C=C(C#N)[C@@H](O)C[C@H]1O[C@@H]2OC3(C)CC[C@H]4[C@H](C)CC[C@@H]([C@H]1C)[C@@]24OO3. The van der Waals surface area contributed by atoms with Gasteiger partial charge in [-0.25, -0.2) is 9.78 Å². The van der Waals surface area contributed by atoms with Gasteiger partial charge in [-0.05, 0) is 43.9 Å². The van der Waals surface area contributed by atoms with Gasteiger partial charge in [-0.3, -0.25) is 0 Å². The molecule has 1 N–H and O–H groups in total. The van der Waals surface area contributed by atoms with Crippen LogP contribution in [0.5, 0.6) is 0 Å². The van der Waals surface area contributed by atoms with Crippen molar-refractivity contribution in [3.05, 3.63) is 12.2 Å². The van der Waals surface area contributed by atoms with Crippen molar-refractivity contribution in [1.82, 2.24) is 0 Å². The van der Waals surface area contributed by atoms with E-state index in [1.807, 2.05) is 13.0 Å². The lowest BCUT2D eigenvalue weighted by Gasteiger charge is -2.60. The van der Waals surface area contributed by atoms with Crippen LogP contribution in [0.15, 0.2) is 12.2 Å². The van der Waals surface area contributed by atoms with Crippen molar-refractivity contribution in [2.75, 3.05) is 0 Å². The Bertz CT molecular complexity index is 632. The molecule has 4 aliphatic heterocycles. The Morgan fingerprint density at radius 3 is 2.77 bits per heavy atom.